The van der Waals surface area contributed by atoms with Gasteiger partial charge in [0.2, 0.25) is 5.91 Å². The zero-order chi connectivity index (χ0) is 13.3. The van der Waals surface area contributed by atoms with E-state index in [0.29, 0.717) is 12.6 Å². The van der Waals surface area contributed by atoms with Gasteiger partial charge in [-0.05, 0) is 39.3 Å². The van der Waals surface area contributed by atoms with Crippen molar-refractivity contribution in [2.45, 2.75) is 59.0 Å². The number of likely N-dealkylation sites (N-methyl/N-ethyl adjacent to an activating group) is 1. The molecule has 1 amide bonds. The van der Waals surface area contributed by atoms with Crippen LogP contribution in [0.25, 0.3) is 0 Å². The minimum atomic E-state index is -0.0628. The van der Waals surface area contributed by atoms with Crippen molar-refractivity contribution in [2.24, 2.45) is 5.73 Å². The number of carbonyl (C=O) groups excluding carboxylic acids is 1. The molecule has 0 aliphatic heterocycles. The molecule has 102 valence electrons. The first-order valence-corrected chi connectivity index (χ1v) is 6.85. The predicted octanol–water partition coefficient (Wildman–Crippen LogP) is 1.35. The average Bonchev–Trinajstić information content (AvgIpc) is 2.36. The second-order valence-electron chi connectivity index (χ2n) is 4.47. The molecule has 0 rings (SSSR count). The highest BCUT2D eigenvalue weighted by molar-refractivity contribution is 5.81. The summed E-state index contributed by atoms with van der Waals surface area (Å²) in [6.07, 6.45) is 2.92. The maximum atomic E-state index is 12.1. The smallest absolute Gasteiger partial charge is 0.237 e. The number of carbonyl (C=O) groups is 1. The fourth-order valence-corrected chi connectivity index (χ4v) is 1.90. The van der Waals surface area contributed by atoms with Gasteiger partial charge in [0.1, 0.15) is 0 Å². The molecule has 0 aromatic rings. The zero-order valence-corrected chi connectivity index (χ0v) is 11.8. The van der Waals surface area contributed by atoms with Gasteiger partial charge in [-0.25, -0.2) is 0 Å². The van der Waals surface area contributed by atoms with Crippen molar-refractivity contribution >= 4 is 5.91 Å². The van der Waals surface area contributed by atoms with Gasteiger partial charge in [-0.1, -0.05) is 20.8 Å². The lowest BCUT2D eigenvalue weighted by molar-refractivity contribution is -0.126. The van der Waals surface area contributed by atoms with E-state index in [9.17, 15) is 4.79 Å². The summed E-state index contributed by atoms with van der Waals surface area (Å²) in [5.74, 6) is 0.137. The van der Waals surface area contributed by atoms with E-state index in [0.717, 1.165) is 32.4 Å². The lowest BCUT2D eigenvalue weighted by atomic mass is 10.1. The van der Waals surface area contributed by atoms with Gasteiger partial charge >= 0.3 is 0 Å². The molecule has 0 heterocycles. The van der Waals surface area contributed by atoms with Gasteiger partial charge in [0.05, 0.1) is 6.04 Å². The topological polar surface area (TPSA) is 58.4 Å². The van der Waals surface area contributed by atoms with Gasteiger partial charge in [0.15, 0.2) is 0 Å². The first-order chi connectivity index (χ1) is 8.10. The lowest BCUT2D eigenvalue weighted by Crippen LogP contribution is -2.48. The van der Waals surface area contributed by atoms with Crippen LogP contribution in [0.1, 0.15) is 47.0 Å². The van der Waals surface area contributed by atoms with Crippen LogP contribution in [-0.4, -0.2) is 42.5 Å². The summed E-state index contributed by atoms with van der Waals surface area (Å²) in [6, 6.07) is 0.241. The number of nitrogens with two attached hydrogens (primary N) is 1. The molecule has 1 unspecified atom stereocenters. The van der Waals surface area contributed by atoms with Crippen LogP contribution in [0.4, 0.5) is 0 Å². The third-order valence-electron chi connectivity index (χ3n) is 3.31. The Hall–Kier alpha value is -0.610. The number of nitrogens with zero attached hydrogens (tertiary/aromatic N) is 1. The summed E-state index contributed by atoms with van der Waals surface area (Å²) in [5, 5.41) is 3.10. The van der Waals surface area contributed by atoms with Gasteiger partial charge < -0.3 is 11.1 Å². The Morgan fingerprint density at radius 2 is 1.88 bits per heavy atom. The largest absolute Gasteiger partial charge is 0.352 e. The van der Waals surface area contributed by atoms with Crippen molar-refractivity contribution in [1.29, 1.82) is 0 Å². The summed E-state index contributed by atoms with van der Waals surface area (Å²) in [7, 11) is 0. The third-order valence-corrected chi connectivity index (χ3v) is 3.31. The van der Waals surface area contributed by atoms with E-state index in [2.05, 4.69) is 31.0 Å². The Morgan fingerprint density at radius 3 is 2.29 bits per heavy atom. The van der Waals surface area contributed by atoms with Gasteiger partial charge in [-0.3, -0.25) is 9.69 Å². The first kappa shape index (κ1) is 16.4. The van der Waals surface area contributed by atoms with Crippen LogP contribution in [0.5, 0.6) is 0 Å². The van der Waals surface area contributed by atoms with Gasteiger partial charge in [0.25, 0.3) is 0 Å². The molecule has 0 aromatic carbocycles. The molecule has 0 fully saturated rings. The molecular weight excluding hydrogens is 214 g/mol. The summed E-state index contributed by atoms with van der Waals surface area (Å²) in [6.45, 7) is 10.7. The molecule has 0 saturated carbocycles. The van der Waals surface area contributed by atoms with Crippen LogP contribution < -0.4 is 11.1 Å². The highest BCUT2D eigenvalue weighted by Gasteiger charge is 2.20. The van der Waals surface area contributed by atoms with Crippen LogP contribution >= 0.6 is 0 Å². The monoisotopic (exact) mass is 243 g/mol. The average molecular weight is 243 g/mol. The maximum absolute atomic E-state index is 12.1. The summed E-state index contributed by atoms with van der Waals surface area (Å²) < 4.78 is 0. The second-order valence-corrected chi connectivity index (χ2v) is 4.47. The predicted molar refractivity (Wildman–Crippen MR) is 72.9 cm³/mol. The van der Waals surface area contributed by atoms with E-state index in [1.165, 1.54) is 0 Å². The van der Waals surface area contributed by atoms with Crippen LogP contribution in [-0.2, 0) is 4.79 Å². The molecular formula is C13H29N3O. The van der Waals surface area contributed by atoms with Crippen molar-refractivity contribution in [2.75, 3.05) is 19.6 Å². The molecule has 17 heavy (non-hydrogen) atoms. The first-order valence-electron chi connectivity index (χ1n) is 6.85. The zero-order valence-electron chi connectivity index (χ0n) is 11.8. The number of rotatable bonds is 9. The van der Waals surface area contributed by atoms with Crippen LogP contribution in [0.15, 0.2) is 0 Å². The van der Waals surface area contributed by atoms with Crippen molar-refractivity contribution in [1.82, 2.24) is 10.2 Å². The fourth-order valence-electron chi connectivity index (χ4n) is 1.90. The third kappa shape index (κ3) is 6.03. The maximum Gasteiger partial charge on any atom is 0.237 e. The molecule has 0 aliphatic carbocycles. The fraction of sp³-hybridized carbons (Fsp3) is 0.923. The molecule has 0 spiro atoms. The Labute approximate surface area is 106 Å². The molecule has 4 nitrogen and oxygen atoms in total. The Balaban J connectivity index is 4.24. The minimum absolute atomic E-state index is 0.0628. The van der Waals surface area contributed by atoms with E-state index in [1.54, 1.807) is 0 Å². The SMILES string of the molecule is CCC(CC)NC(=O)C(C)N(CC)CCCN. The van der Waals surface area contributed by atoms with Crippen molar-refractivity contribution in [3.05, 3.63) is 0 Å². The molecule has 0 saturated heterocycles. The molecule has 0 radical (unpaired) electrons. The van der Waals surface area contributed by atoms with Crippen molar-refractivity contribution in [3.8, 4) is 0 Å². The Bertz CT molecular complexity index is 205. The van der Waals surface area contributed by atoms with Crippen LogP contribution in [0.2, 0.25) is 0 Å². The highest BCUT2D eigenvalue weighted by atomic mass is 16.2. The number of amides is 1. The summed E-state index contributed by atoms with van der Waals surface area (Å²) >= 11 is 0. The quantitative estimate of drug-likeness (QED) is 0.643. The summed E-state index contributed by atoms with van der Waals surface area (Å²) in [5.41, 5.74) is 5.50. The van der Waals surface area contributed by atoms with Gasteiger partial charge in [-0.15, -0.1) is 0 Å². The molecule has 0 aliphatic rings. The Kier molecular flexibility index (Phi) is 9.09. The molecule has 3 N–H and O–H groups in total. The number of nitrogens with one attached hydrogen (secondary N) is 1. The molecule has 0 aromatic heterocycles. The normalized spacial score (nSPS) is 13.1. The van der Waals surface area contributed by atoms with Gasteiger partial charge in [-0.2, -0.15) is 0 Å². The van der Waals surface area contributed by atoms with E-state index in [-0.39, 0.29) is 11.9 Å². The number of hydrogen-bond acceptors (Lipinski definition) is 3. The van der Waals surface area contributed by atoms with E-state index >= 15 is 0 Å². The second kappa shape index (κ2) is 9.42. The molecule has 1 atom stereocenters. The van der Waals surface area contributed by atoms with E-state index in [1.807, 2.05) is 6.92 Å². The van der Waals surface area contributed by atoms with E-state index < -0.39 is 0 Å². The minimum Gasteiger partial charge on any atom is -0.352 e. The van der Waals surface area contributed by atoms with Crippen molar-refractivity contribution < 1.29 is 4.79 Å². The molecule has 4 heteroatoms. The van der Waals surface area contributed by atoms with Crippen LogP contribution in [0.3, 0.4) is 0 Å². The van der Waals surface area contributed by atoms with Crippen LogP contribution in [0, 0.1) is 0 Å². The van der Waals surface area contributed by atoms with Crippen molar-refractivity contribution in [3.63, 3.8) is 0 Å². The summed E-state index contributed by atoms with van der Waals surface area (Å²) in [4.78, 5) is 14.2. The molecule has 0 bridgehead atoms. The number of hydrogen-bond donors (Lipinski definition) is 2. The highest BCUT2D eigenvalue weighted by Crippen LogP contribution is 2.03. The van der Waals surface area contributed by atoms with E-state index in [4.69, 9.17) is 5.73 Å². The Morgan fingerprint density at radius 1 is 1.29 bits per heavy atom. The lowest BCUT2D eigenvalue weighted by Gasteiger charge is -2.28. The van der Waals surface area contributed by atoms with Gasteiger partial charge in [0, 0.05) is 12.6 Å². The standard InChI is InChI=1S/C13H29N3O/c1-5-12(6-2)15-13(17)11(4)16(7-3)10-8-9-14/h11-12H,5-10,14H2,1-4H3,(H,15,17).